The van der Waals surface area contributed by atoms with Gasteiger partial charge >= 0.3 is 10.2 Å². The Hall–Kier alpha value is 0.120. The van der Waals surface area contributed by atoms with Crippen molar-refractivity contribution in [1.82, 2.24) is 0 Å². The molecule has 0 amide bonds. The highest BCUT2D eigenvalue weighted by Crippen LogP contribution is 2.01. The Bertz CT molecular complexity index is 272. The molecular formula is C3H6ClFO4S2. The fourth-order valence-electron chi connectivity index (χ4n) is 0.404. The maximum atomic E-state index is 11.7. The zero-order valence-electron chi connectivity index (χ0n) is 5.33. The average molecular weight is 225 g/mol. The van der Waals surface area contributed by atoms with Crippen LogP contribution in [0.2, 0.25) is 0 Å². The zero-order chi connectivity index (χ0) is 9.12. The molecular weight excluding hydrogens is 219 g/mol. The second-order valence-electron chi connectivity index (χ2n) is 1.84. The van der Waals surface area contributed by atoms with Crippen molar-refractivity contribution in [3.63, 3.8) is 0 Å². The van der Waals surface area contributed by atoms with Gasteiger partial charge in [0.2, 0.25) is 9.05 Å². The molecule has 0 atom stereocenters. The zero-order valence-corrected chi connectivity index (χ0v) is 7.72. The van der Waals surface area contributed by atoms with Crippen molar-refractivity contribution in [3.05, 3.63) is 0 Å². The largest absolute Gasteiger partial charge is 0.302 e. The van der Waals surface area contributed by atoms with Crippen molar-refractivity contribution < 1.29 is 20.7 Å². The average Bonchev–Trinajstić information content (AvgIpc) is 1.55. The molecule has 68 valence electrons. The summed E-state index contributed by atoms with van der Waals surface area (Å²) in [5.74, 6) is -1.34. The van der Waals surface area contributed by atoms with Crippen LogP contribution < -0.4 is 0 Å². The third-order valence-electron chi connectivity index (χ3n) is 0.776. The first-order valence-corrected chi connectivity index (χ1v) is 6.58. The summed E-state index contributed by atoms with van der Waals surface area (Å²) in [4.78, 5) is 0. The Kier molecular flexibility index (Phi) is 3.72. The van der Waals surface area contributed by atoms with Gasteiger partial charge in [-0.05, 0) is 6.42 Å². The topological polar surface area (TPSA) is 68.3 Å². The molecule has 0 saturated heterocycles. The highest BCUT2D eigenvalue weighted by atomic mass is 35.7. The van der Waals surface area contributed by atoms with E-state index < -0.39 is 30.8 Å². The number of rotatable bonds is 4. The van der Waals surface area contributed by atoms with E-state index in [-0.39, 0.29) is 6.42 Å². The second-order valence-corrected chi connectivity index (χ2v) is 6.22. The Labute approximate surface area is 69.0 Å². The smallest absolute Gasteiger partial charge is 0.212 e. The van der Waals surface area contributed by atoms with E-state index in [2.05, 4.69) is 0 Å². The number of hydrogen-bond acceptors (Lipinski definition) is 4. The minimum absolute atomic E-state index is 0.315. The van der Waals surface area contributed by atoms with E-state index in [4.69, 9.17) is 10.7 Å². The van der Waals surface area contributed by atoms with Crippen molar-refractivity contribution in [2.24, 2.45) is 0 Å². The third kappa shape index (κ3) is 10.1. The first-order chi connectivity index (χ1) is 4.71. The number of hydrogen-bond donors (Lipinski definition) is 0. The van der Waals surface area contributed by atoms with Crippen molar-refractivity contribution >= 4 is 30.0 Å². The summed E-state index contributed by atoms with van der Waals surface area (Å²) in [7, 11) is -3.56. The molecule has 8 heteroatoms. The molecule has 4 nitrogen and oxygen atoms in total. The summed E-state index contributed by atoms with van der Waals surface area (Å²) in [6.07, 6.45) is -0.315. The summed E-state index contributed by atoms with van der Waals surface area (Å²) in [6, 6.07) is 0. The van der Waals surface area contributed by atoms with E-state index in [1.165, 1.54) is 0 Å². The predicted molar refractivity (Wildman–Crippen MR) is 39.2 cm³/mol. The molecule has 0 heterocycles. The van der Waals surface area contributed by atoms with Crippen LogP contribution in [-0.4, -0.2) is 28.3 Å². The van der Waals surface area contributed by atoms with Crippen molar-refractivity contribution in [3.8, 4) is 0 Å². The lowest BCUT2D eigenvalue weighted by Gasteiger charge is -1.92. The highest BCUT2D eigenvalue weighted by Gasteiger charge is 2.10. The first kappa shape index (κ1) is 11.1. The van der Waals surface area contributed by atoms with Gasteiger partial charge in [0.15, 0.2) is 0 Å². The lowest BCUT2D eigenvalue weighted by molar-refractivity contribution is 0.550. The van der Waals surface area contributed by atoms with Crippen LogP contribution in [0.25, 0.3) is 0 Å². The third-order valence-corrected chi connectivity index (χ3v) is 2.79. The second kappa shape index (κ2) is 3.68. The number of halogens is 2. The van der Waals surface area contributed by atoms with Gasteiger partial charge in [-0.25, -0.2) is 8.42 Å². The lowest BCUT2D eigenvalue weighted by Crippen LogP contribution is -2.05. The van der Waals surface area contributed by atoms with E-state index in [9.17, 15) is 20.7 Å². The van der Waals surface area contributed by atoms with Gasteiger partial charge in [0, 0.05) is 10.7 Å². The van der Waals surface area contributed by atoms with Crippen LogP contribution >= 0.6 is 10.7 Å². The summed E-state index contributed by atoms with van der Waals surface area (Å²) < 4.78 is 51.7. The van der Waals surface area contributed by atoms with Gasteiger partial charge < -0.3 is 0 Å². The molecule has 0 bridgehead atoms. The molecule has 11 heavy (non-hydrogen) atoms. The van der Waals surface area contributed by atoms with Crippen molar-refractivity contribution in [2.45, 2.75) is 6.42 Å². The van der Waals surface area contributed by atoms with Crippen LogP contribution in [-0.2, 0) is 19.3 Å². The molecule has 0 aromatic heterocycles. The van der Waals surface area contributed by atoms with Gasteiger partial charge in [-0.15, -0.1) is 3.89 Å². The SMILES string of the molecule is O=S(=O)(F)CCCS(=O)(=O)Cl. The minimum Gasteiger partial charge on any atom is -0.212 e. The quantitative estimate of drug-likeness (QED) is 0.642. The summed E-state index contributed by atoms with van der Waals surface area (Å²) in [5, 5.41) is 0. The molecule has 0 aliphatic rings. The van der Waals surface area contributed by atoms with Crippen LogP contribution in [0.1, 0.15) is 6.42 Å². The lowest BCUT2D eigenvalue weighted by atomic mass is 10.6. The summed E-state index contributed by atoms with van der Waals surface area (Å²) in [6.45, 7) is 0. The van der Waals surface area contributed by atoms with Gasteiger partial charge in [0.1, 0.15) is 0 Å². The van der Waals surface area contributed by atoms with Crippen LogP contribution in [0.4, 0.5) is 3.89 Å². The first-order valence-electron chi connectivity index (χ1n) is 2.55. The molecule has 0 aromatic carbocycles. The van der Waals surface area contributed by atoms with Gasteiger partial charge in [-0.2, -0.15) is 8.42 Å². The summed E-state index contributed by atoms with van der Waals surface area (Å²) in [5.41, 5.74) is 0. The van der Waals surface area contributed by atoms with E-state index in [1.807, 2.05) is 0 Å². The van der Waals surface area contributed by atoms with Gasteiger partial charge in [0.05, 0.1) is 11.5 Å². The Morgan fingerprint density at radius 1 is 1.09 bits per heavy atom. The molecule has 0 radical (unpaired) electrons. The molecule has 0 spiro atoms. The molecule has 0 N–H and O–H groups in total. The van der Waals surface area contributed by atoms with E-state index in [0.717, 1.165) is 0 Å². The molecule has 0 fully saturated rings. The van der Waals surface area contributed by atoms with Crippen molar-refractivity contribution in [1.29, 1.82) is 0 Å². The normalized spacial score (nSPS) is 13.3. The molecule has 0 aromatic rings. The van der Waals surface area contributed by atoms with E-state index >= 15 is 0 Å². The maximum absolute atomic E-state index is 11.7. The Morgan fingerprint density at radius 3 is 1.82 bits per heavy atom. The Morgan fingerprint density at radius 2 is 1.55 bits per heavy atom. The molecule has 0 saturated carbocycles. The van der Waals surface area contributed by atoms with Gasteiger partial charge in [0.25, 0.3) is 0 Å². The molecule has 0 unspecified atom stereocenters. The molecule has 0 aliphatic carbocycles. The van der Waals surface area contributed by atoms with Crippen molar-refractivity contribution in [2.75, 3.05) is 11.5 Å². The Balaban J connectivity index is 3.79. The van der Waals surface area contributed by atoms with E-state index in [0.29, 0.717) is 0 Å². The standard InChI is InChI=1S/C3H6ClFO4S2/c4-10(6,7)2-1-3-11(5,8)9/h1-3H2. The van der Waals surface area contributed by atoms with Crippen LogP contribution in [0.15, 0.2) is 0 Å². The molecule has 0 rings (SSSR count). The maximum Gasteiger partial charge on any atom is 0.302 e. The monoisotopic (exact) mass is 224 g/mol. The fraction of sp³-hybridized carbons (Fsp3) is 1.00. The summed E-state index contributed by atoms with van der Waals surface area (Å²) >= 11 is 0. The minimum atomic E-state index is -4.57. The fourth-order valence-corrected chi connectivity index (χ4v) is 1.89. The predicted octanol–water partition coefficient (Wildman–Crippen LogP) is 0.244. The van der Waals surface area contributed by atoms with E-state index in [1.54, 1.807) is 0 Å². The highest BCUT2D eigenvalue weighted by molar-refractivity contribution is 8.13. The molecule has 0 aliphatic heterocycles. The van der Waals surface area contributed by atoms with Crippen LogP contribution in [0, 0.1) is 0 Å². The van der Waals surface area contributed by atoms with Gasteiger partial charge in [-0.3, -0.25) is 0 Å². The van der Waals surface area contributed by atoms with Crippen LogP contribution in [0.3, 0.4) is 0 Å². The van der Waals surface area contributed by atoms with Gasteiger partial charge in [-0.1, -0.05) is 0 Å². The van der Waals surface area contributed by atoms with Crippen LogP contribution in [0.5, 0.6) is 0 Å².